The van der Waals surface area contributed by atoms with E-state index in [1.54, 1.807) is 7.05 Å². The zero-order valence-corrected chi connectivity index (χ0v) is 10.5. The van der Waals surface area contributed by atoms with Crippen LogP contribution in [0.2, 0.25) is 0 Å². The SMILES string of the molecule is CN(CC(CN)C(F)(F)F)C1CCCCCC1. The van der Waals surface area contributed by atoms with Gasteiger partial charge in [0.15, 0.2) is 0 Å². The minimum Gasteiger partial charge on any atom is -0.330 e. The van der Waals surface area contributed by atoms with Crippen molar-refractivity contribution in [2.24, 2.45) is 11.7 Å². The summed E-state index contributed by atoms with van der Waals surface area (Å²) in [4.78, 5) is 1.86. The van der Waals surface area contributed by atoms with Gasteiger partial charge in [-0.25, -0.2) is 0 Å². The molecule has 1 rings (SSSR count). The lowest BCUT2D eigenvalue weighted by Gasteiger charge is -2.31. The quantitative estimate of drug-likeness (QED) is 0.780. The standard InChI is InChI=1S/C12H23F3N2/c1-17(9-10(8-16)12(13,14)15)11-6-4-2-3-5-7-11/h10-11H,2-9,16H2,1H3. The Bertz CT molecular complexity index is 210. The first-order valence-corrected chi connectivity index (χ1v) is 6.42. The van der Waals surface area contributed by atoms with Gasteiger partial charge in [0.1, 0.15) is 0 Å². The molecule has 0 aliphatic heterocycles. The van der Waals surface area contributed by atoms with Gasteiger partial charge in [-0.2, -0.15) is 13.2 Å². The van der Waals surface area contributed by atoms with Gasteiger partial charge in [0.25, 0.3) is 0 Å². The van der Waals surface area contributed by atoms with Gasteiger partial charge in [0.05, 0.1) is 5.92 Å². The van der Waals surface area contributed by atoms with Gasteiger partial charge in [0.2, 0.25) is 0 Å². The summed E-state index contributed by atoms with van der Waals surface area (Å²) in [7, 11) is 1.80. The van der Waals surface area contributed by atoms with Gasteiger partial charge in [-0.3, -0.25) is 0 Å². The van der Waals surface area contributed by atoms with Crippen molar-refractivity contribution in [3.8, 4) is 0 Å². The lowest BCUT2D eigenvalue weighted by molar-refractivity contribution is -0.176. The van der Waals surface area contributed by atoms with Crippen LogP contribution in [0.5, 0.6) is 0 Å². The normalized spacial score (nSPS) is 21.5. The van der Waals surface area contributed by atoms with Gasteiger partial charge in [-0.15, -0.1) is 0 Å². The maximum absolute atomic E-state index is 12.6. The van der Waals surface area contributed by atoms with Gasteiger partial charge in [-0.1, -0.05) is 25.7 Å². The molecular formula is C12H23F3N2. The molecule has 0 bridgehead atoms. The predicted molar refractivity (Wildman–Crippen MR) is 62.7 cm³/mol. The Morgan fingerprint density at radius 1 is 1.18 bits per heavy atom. The van der Waals surface area contributed by atoms with Crippen molar-refractivity contribution in [2.75, 3.05) is 20.1 Å². The minimum absolute atomic E-state index is 0.0324. The van der Waals surface area contributed by atoms with E-state index in [9.17, 15) is 13.2 Å². The molecule has 0 heterocycles. The van der Waals surface area contributed by atoms with E-state index in [0.717, 1.165) is 25.7 Å². The maximum atomic E-state index is 12.6. The number of hydrogen-bond donors (Lipinski definition) is 1. The van der Waals surface area contributed by atoms with E-state index in [0.29, 0.717) is 6.04 Å². The van der Waals surface area contributed by atoms with Crippen LogP contribution in [-0.4, -0.2) is 37.3 Å². The molecule has 0 radical (unpaired) electrons. The molecule has 0 aromatic heterocycles. The van der Waals surface area contributed by atoms with E-state index >= 15 is 0 Å². The molecule has 17 heavy (non-hydrogen) atoms. The molecule has 0 spiro atoms. The molecule has 0 aromatic rings. The molecular weight excluding hydrogens is 229 g/mol. The Morgan fingerprint density at radius 3 is 2.12 bits per heavy atom. The number of hydrogen-bond acceptors (Lipinski definition) is 2. The van der Waals surface area contributed by atoms with Gasteiger partial charge >= 0.3 is 6.18 Å². The van der Waals surface area contributed by atoms with Gasteiger partial charge < -0.3 is 10.6 Å². The van der Waals surface area contributed by atoms with Crippen LogP contribution >= 0.6 is 0 Å². The lowest BCUT2D eigenvalue weighted by atomic mass is 10.0. The van der Waals surface area contributed by atoms with Crippen LogP contribution in [0.4, 0.5) is 13.2 Å². The van der Waals surface area contributed by atoms with Crippen molar-refractivity contribution < 1.29 is 13.2 Å². The first-order valence-electron chi connectivity index (χ1n) is 6.42. The van der Waals surface area contributed by atoms with E-state index in [1.165, 1.54) is 12.8 Å². The molecule has 1 atom stereocenters. The van der Waals surface area contributed by atoms with Gasteiger partial charge in [-0.05, 0) is 19.9 Å². The number of halogens is 3. The summed E-state index contributed by atoms with van der Waals surface area (Å²) in [6, 6.07) is 0.300. The molecule has 2 nitrogen and oxygen atoms in total. The molecule has 1 aliphatic rings. The summed E-state index contributed by atoms with van der Waals surface area (Å²) < 4.78 is 37.9. The fourth-order valence-electron chi connectivity index (χ4n) is 2.51. The number of alkyl halides is 3. The van der Waals surface area contributed by atoms with Crippen molar-refractivity contribution in [1.29, 1.82) is 0 Å². The second-order valence-corrected chi connectivity index (χ2v) is 5.06. The molecule has 2 N–H and O–H groups in total. The van der Waals surface area contributed by atoms with Crippen molar-refractivity contribution in [3.05, 3.63) is 0 Å². The van der Waals surface area contributed by atoms with E-state index in [1.807, 2.05) is 4.90 Å². The van der Waals surface area contributed by atoms with E-state index < -0.39 is 12.1 Å². The van der Waals surface area contributed by atoms with Crippen molar-refractivity contribution >= 4 is 0 Å². The smallest absolute Gasteiger partial charge is 0.330 e. The summed E-state index contributed by atoms with van der Waals surface area (Å²) in [6.45, 7) is -0.286. The monoisotopic (exact) mass is 252 g/mol. The van der Waals surface area contributed by atoms with E-state index in [-0.39, 0.29) is 13.1 Å². The molecule has 1 unspecified atom stereocenters. The molecule has 1 aliphatic carbocycles. The highest BCUT2D eigenvalue weighted by Crippen LogP contribution is 2.28. The Balaban J connectivity index is 2.48. The maximum Gasteiger partial charge on any atom is 0.394 e. The zero-order chi connectivity index (χ0) is 12.9. The highest BCUT2D eigenvalue weighted by molar-refractivity contribution is 4.78. The summed E-state index contributed by atoms with van der Waals surface area (Å²) in [6.07, 6.45) is 2.56. The summed E-state index contributed by atoms with van der Waals surface area (Å²) >= 11 is 0. The molecule has 0 amide bonds. The highest BCUT2D eigenvalue weighted by Gasteiger charge is 2.39. The van der Waals surface area contributed by atoms with E-state index in [2.05, 4.69) is 0 Å². The van der Waals surface area contributed by atoms with Crippen LogP contribution < -0.4 is 5.73 Å². The first kappa shape index (κ1) is 14.8. The lowest BCUT2D eigenvalue weighted by Crippen LogP contribution is -2.43. The zero-order valence-electron chi connectivity index (χ0n) is 10.5. The third-order valence-corrected chi connectivity index (χ3v) is 3.70. The Morgan fingerprint density at radius 2 is 1.71 bits per heavy atom. The Labute approximate surface area is 101 Å². The number of rotatable bonds is 4. The summed E-state index contributed by atoms with van der Waals surface area (Å²) in [5, 5.41) is 0. The van der Waals surface area contributed by atoms with Crippen LogP contribution in [0.3, 0.4) is 0 Å². The Hall–Kier alpha value is -0.290. The van der Waals surface area contributed by atoms with Crippen LogP contribution in [0, 0.1) is 5.92 Å². The second kappa shape index (κ2) is 6.59. The van der Waals surface area contributed by atoms with Crippen molar-refractivity contribution in [2.45, 2.75) is 50.7 Å². The van der Waals surface area contributed by atoms with Gasteiger partial charge in [0, 0.05) is 19.1 Å². The molecule has 1 fully saturated rings. The largest absolute Gasteiger partial charge is 0.394 e. The van der Waals surface area contributed by atoms with Crippen LogP contribution in [0.25, 0.3) is 0 Å². The van der Waals surface area contributed by atoms with Crippen molar-refractivity contribution in [1.82, 2.24) is 4.90 Å². The second-order valence-electron chi connectivity index (χ2n) is 5.06. The fourth-order valence-corrected chi connectivity index (χ4v) is 2.51. The molecule has 0 aromatic carbocycles. The van der Waals surface area contributed by atoms with E-state index in [4.69, 9.17) is 5.73 Å². The highest BCUT2D eigenvalue weighted by atomic mass is 19.4. The predicted octanol–water partition coefficient (Wildman–Crippen LogP) is 2.78. The Kier molecular flexibility index (Phi) is 5.73. The molecule has 102 valence electrons. The third-order valence-electron chi connectivity index (χ3n) is 3.70. The topological polar surface area (TPSA) is 29.3 Å². The van der Waals surface area contributed by atoms with Crippen molar-refractivity contribution in [3.63, 3.8) is 0 Å². The van der Waals surface area contributed by atoms with Crippen LogP contribution in [-0.2, 0) is 0 Å². The molecule has 1 saturated carbocycles. The molecule has 0 saturated heterocycles. The summed E-state index contributed by atoms with van der Waals surface area (Å²) in [5.74, 6) is -1.39. The van der Waals surface area contributed by atoms with Crippen LogP contribution in [0.15, 0.2) is 0 Å². The fraction of sp³-hybridized carbons (Fsp3) is 1.00. The first-order chi connectivity index (χ1) is 7.95. The molecule has 5 heteroatoms. The van der Waals surface area contributed by atoms with Crippen LogP contribution in [0.1, 0.15) is 38.5 Å². The number of nitrogens with two attached hydrogens (primary N) is 1. The minimum atomic E-state index is -4.17. The average molecular weight is 252 g/mol. The number of nitrogens with zero attached hydrogens (tertiary/aromatic N) is 1. The summed E-state index contributed by atoms with van der Waals surface area (Å²) in [5.41, 5.74) is 5.22. The third kappa shape index (κ3) is 4.84. The average Bonchev–Trinajstić information content (AvgIpc) is 2.52.